The second-order valence-corrected chi connectivity index (χ2v) is 4.22. The first-order valence-corrected chi connectivity index (χ1v) is 5.82. The Labute approximate surface area is 104 Å². The van der Waals surface area contributed by atoms with Crippen molar-refractivity contribution in [1.82, 2.24) is 15.2 Å². The van der Waals surface area contributed by atoms with Crippen molar-refractivity contribution in [1.29, 1.82) is 0 Å². The number of rotatable bonds is 1. The van der Waals surface area contributed by atoms with Gasteiger partial charge in [-0.3, -0.25) is 0 Å². The van der Waals surface area contributed by atoms with Gasteiger partial charge in [0.1, 0.15) is 5.75 Å². The van der Waals surface area contributed by atoms with Gasteiger partial charge in [0.05, 0.1) is 18.5 Å². The number of nitrogens with zero attached hydrogens (tertiary/aromatic N) is 3. The average molecular weight is 248 g/mol. The molecule has 0 saturated carbocycles. The van der Waals surface area contributed by atoms with Crippen LogP contribution in [-0.4, -0.2) is 21.8 Å². The summed E-state index contributed by atoms with van der Waals surface area (Å²) in [5.41, 5.74) is 2.94. The fraction of sp³-hybridized carbons (Fsp3) is 0.250. The van der Waals surface area contributed by atoms with Crippen molar-refractivity contribution in [2.75, 3.05) is 6.61 Å². The second kappa shape index (κ2) is 4.30. The van der Waals surface area contributed by atoms with Crippen molar-refractivity contribution in [2.45, 2.75) is 12.8 Å². The predicted octanol–water partition coefficient (Wildman–Crippen LogP) is 2.52. The van der Waals surface area contributed by atoms with Crippen LogP contribution in [0.2, 0.25) is 5.28 Å². The standard InChI is InChI=1S/C12H10ClN3O/c13-12-15-10(7-14-16-12)8-3-4-11-9(6-8)2-1-5-17-11/h3-4,6-7H,1-2,5H2. The van der Waals surface area contributed by atoms with Gasteiger partial charge < -0.3 is 4.74 Å². The van der Waals surface area contributed by atoms with Gasteiger partial charge >= 0.3 is 0 Å². The fourth-order valence-corrected chi connectivity index (χ4v) is 2.08. The smallest absolute Gasteiger partial charge is 0.243 e. The second-order valence-electron chi connectivity index (χ2n) is 3.89. The van der Waals surface area contributed by atoms with Crippen LogP contribution in [-0.2, 0) is 6.42 Å². The Hall–Kier alpha value is -1.68. The summed E-state index contributed by atoms with van der Waals surface area (Å²) in [6.45, 7) is 0.799. The number of fused-ring (bicyclic) bond motifs is 1. The Morgan fingerprint density at radius 1 is 1.29 bits per heavy atom. The molecule has 1 aromatic heterocycles. The van der Waals surface area contributed by atoms with E-state index < -0.39 is 0 Å². The lowest BCUT2D eigenvalue weighted by atomic mass is 10.0. The van der Waals surface area contributed by atoms with Crippen LogP contribution in [0.5, 0.6) is 5.75 Å². The molecule has 0 aliphatic carbocycles. The largest absolute Gasteiger partial charge is 0.493 e. The minimum absolute atomic E-state index is 0.163. The third-order valence-corrected chi connectivity index (χ3v) is 2.90. The molecule has 0 N–H and O–H groups in total. The van der Waals surface area contributed by atoms with E-state index in [-0.39, 0.29) is 5.28 Å². The van der Waals surface area contributed by atoms with Gasteiger partial charge in [0.25, 0.3) is 0 Å². The molecule has 1 aliphatic rings. The van der Waals surface area contributed by atoms with Crippen molar-refractivity contribution >= 4 is 11.6 Å². The van der Waals surface area contributed by atoms with Gasteiger partial charge in [0.15, 0.2) is 0 Å². The molecule has 0 atom stereocenters. The Balaban J connectivity index is 2.04. The molecular weight excluding hydrogens is 238 g/mol. The molecule has 1 aliphatic heterocycles. The van der Waals surface area contributed by atoms with Gasteiger partial charge in [0.2, 0.25) is 5.28 Å². The van der Waals surface area contributed by atoms with Crippen molar-refractivity contribution in [3.8, 4) is 17.0 Å². The van der Waals surface area contributed by atoms with Crippen molar-refractivity contribution in [2.24, 2.45) is 0 Å². The summed E-state index contributed by atoms with van der Waals surface area (Å²) in [6, 6.07) is 6.01. The molecular formula is C12H10ClN3O. The van der Waals surface area contributed by atoms with Crippen molar-refractivity contribution in [3.63, 3.8) is 0 Å². The lowest BCUT2D eigenvalue weighted by Crippen LogP contribution is -2.08. The molecule has 0 bridgehead atoms. The summed E-state index contributed by atoms with van der Waals surface area (Å²) in [5, 5.41) is 7.59. The summed E-state index contributed by atoms with van der Waals surface area (Å²) < 4.78 is 5.56. The zero-order chi connectivity index (χ0) is 11.7. The van der Waals surface area contributed by atoms with E-state index >= 15 is 0 Å². The van der Waals surface area contributed by atoms with Gasteiger partial charge in [-0.1, -0.05) is 0 Å². The highest BCUT2D eigenvalue weighted by atomic mass is 35.5. The SMILES string of the molecule is Clc1nncc(-c2ccc3c(c2)CCCO3)n1. The molecule has 0 amide bonds. The Kier molecular flexibility index (Phi) is 2.65. The molecule has 2 heterocycles. The number of hydrogen-bond acceptors (Lipinski definition) is 4. The molecule has 17 heavy (non-hydrogen) atoms. The summed E-state index contributed by atoms with van der Waals surface area (Å²) in [7, 11) is 0. The van der Waals surface area contributed by atoms with Crippen LogP contribution in [0.25, 0.3) is 11.3 Å². The maximum atomic E-state index is 5.73. The fourth-order valence-electron chi connectivity index (χ4n) is 1.94. The molecule has 0 unspecified atom stereocenters. The highest BCUT2D eigenvalue weighted by Gasteiger charge is 2.12. The molecule has 5 heteroatoms. The number of aryl methyl sites for hydroxylation is 1. The zero-order valence-electron chi connectivity index (χ0n) is 9.06. The molecule has 1 aromatic carbocycles. The van der Waals surface area contributed by atoms with E-state index in [1.54, 1.807) is 6.20 Å². The number of aromatic nitrogens is 3. The Bertz CT molecular complexity index is 559. The number of halogens is 1. The predicted molar refractivity (Wildman–Crippen MR) is 64.1 cm³/mol. The van der Waals surface area contributed by atoms with Gasteiger partial charge in [-0.2, -0.15) is 5.10 Å². The molecule has 0 fully saturated rings. The summed E-state index contributed by atoms with van der Waals surface area (Å²) in [5.74, 6) is 0.966. The van der Waals surface area contributed by atoms with E-state index in [0.717, 1.165) is 36.5 Å². The monoisotopic (exact) mass is 247 g/mol. The minimum atomic E-state index is 0.163. The average Bonchev–Trinajstić information content (AvgIpc) is 2.38. The van der Waals surface area contributed by atoms with Crippen LogP contribution in [0.1, 0.15) is 12.0 Å². The third kappa shape index (κ3) is 2.08. The summed E-state index contributed by atoms with van der Waals surface area (Å²) in [6.07, 6.45) is 3.70. The Morgan fingerprint density at radius 2 is 2.24 bits per heavy atom. The van der Waals surface area contributed by atoms with E-state index in [1.165, 1.54) is 5.56 Å². The number of ether oxygens (including phenoxy) is 1. The zero-order valence-corrected chi connectivity index (χ0v) is 9.81. The van der Waals surface area contributed by atoms with Crippen LogP contribution in [0.4, 0.5) is 0 Å². The van der Waals surface area contributed by atoms with Crippen molar-refractivity contribution in [3.05, 3.63) is 35.2 Å². The maximum Gasteiger partial charge on any atom is 0.243 e. The molecule has 0 radical (unpaired) electrons. The van der Waals surface area contributed by atoms with Crippen LogP contribution in [0, 0.1) is 0 Å². The van der Waals surface area contributed by atoms with E-state index in [9.17, 15) is 0 Å². The van der Waals surface area contributed by atoms with E-state index in [0.29, 0.717) is 0 Å². The first kappa shape index (κ1) is 10.5. The Morgan fingerprint density at radius 3 is 3.12 bits per heavy atom. The first-order chi connectivity index (χ1) is 8.33. The van der Waals surface area contributed by atoms with Gasteiger partial charge in [-0.25, -0.2) is 4.98 Å². The minimum Gasteiger partial charge on any atom is -0.493 e. The lowest BCUT2D eigenvalue weighted by molar-refractivity contribution is 0.288. The third-order valence-electron chi connectivity index (χ3n) is 2.74. The van der Waals surface area contributed by atoms with Crippen molar-refractivity contribution < 1.29 is 4.74 Å². The van der Waals surface area contributed by atoms with Crippen LogP contribution >= 0.6 is 11.6 Å². The number of benzene rings is 1. The molecule has 86 valence electrons. The highest BCUT2D eigenvalue weighted by Crippen LogP contribution is 2.29. The van der Waals surface area contributed by atoms with Gasteiger partial charge in [-0.05, 0) is 48.2 Å². The molecule has 2 aromatic rings. The van der Waals surface area contributed by atoms with E-state index in [1.807, 2.05) is 12.1 Å². The molecule has 3 rings (SSSR count). The molecule has 0 spiro atoms. The normalized spacial score (nSPS) is 13.9. The topological polar surface area (TPSA) is 47.9 Å². The van der Waals surface area contributed by atoms with E-state index in [4.69, 9.17) is 16.3 Å². The molecule has 4 nitrogen and oxygen atoms in total. The first-order valence-electron chi connectivity index (χ1n) is 5.44. The molecule has 0 saturated heterocycles. The van der Waals surface area contributed by atoms with Crippen LogP contribution < -0.4 is 4.74 Å². The van der Waals surface area contributed by atoms with E-state index in [2.05, 4.69) is 21.2 Å². The van der Waals surface area contributed by atoms with Crippen LogP contribution in [0.3, 0.4) is 0 Å². The van der Waals surface area contributed by atoms with Gasteiger partial charge in [-0.15, -0.1) is 5.10 Å². The highest BCUT2D eigenvalue weighted by molar-refractivity contribution is 6.28. The summed E-state index contributed by atoms with van der Waals surface area (Å²) >= 11 is 5.73. The lowest BCUT2D eigenvalue weighted by Gasteiger charge is -2.17. The number of hydrogen-bond donors (Lipinski definition) is 0. The van der Waals surface area contributed by atoms with Crippen LogP contribution in [0.15, 0.2) is 24.4 Å². The quantitative estimate of drug-likeness (QED) is 0.777. The van der Waals surface area contributed by atoms with Gasteiger partial charge in [0, 0.05) is 5.56 Å². The summed E-state index contributed by atoms with van der Waals surface area (Å²) in [4.78, 5) is 4.14. The maximum absolute atomic E-state index is 5.73.